The zero-order valence-corrected chi connectivity index (χ0v) is 12.5. The van der Waals surface area contributed by atoms with E-state index in [-0.39, 0.29) is 5.91 Å². The van der Waals surface area contributed by atoms with Crippen LogP contribution in [0.25, 0.3) is 0 Å². The molecule has 0 atom stereocenters. The van der Waals surface area contributed by atoms with E-state index >= 15 is 0 Å². The molecule has 1 amide bonds. The Morgan fingerprint density at radius 3 is 2.67 bits per heavy atom. The van der Waals surface area contributed by atoms with Crippen molar-refractivity contribution in [1.82, 2.24) is 0 Å². The highest BCUT2D eigenvalue weighted by Gasteiger charge is 2.12. The van der Waals surface area contributed by atoms with E-state index < -0.39 is 12.6 Å². The lowest BCUT2D eigenvalue weighted by atomic mass is 10.2. The van der Waals surface area contributed by atoms with E-state index in [0.717, 1.165) is 9.75 Å². The first-order valence-electron chi connectivity index (χ1n) is 6.29. The molecule has 2 N–H and O–H groups in total. The van der Waals surface area contributed by atoms with E-state index in [1.54, 1.807) is 35.6 Å². The molecule has 5 nitrogen and oxygen atoms in total. The highest BCUT2D eigenvalue weighted by atomic mass is 32.1. The van der Waals surface area contributed by atoms with Crippen molar-refractivity contribution in [2.45, 2.75) is 13.8 Å². The molecule has 0 bridgehead atoms. The molecule has 21 heavy (non-hydrogen) atoms. The number of amides is 1. The van der Waals surface area contributed by atoms with Crippen molar-refractivity contribution < 1.29 is 19.4 Å². The van der Waals surface area contributed by atoms with E-state index in [1.807, 2.05) is 19.9 Å². The first-order chi connectivity index (χ1) is 9.95. The van der Waals surface area contributed by atoms with E-state index in [0.29, 0.717) is 17.0 Å². The number of rotatable bonds is 5. The van der Waals surface area contributed by atoms with Gasteiger partial charge in [-0.05, 0) is 32.0 Å². The van der Waals surface area contributed by atoms with Crippen molar-refractivity contribution in [3.05, 3.63) is 45.6 Å². The van der Waals surface area contributed by atoms with Gasteiger partial charge in [-0.2, -0.15) is 0 Å². The molecule has 0 aliphatic carbocycles. The fraction of sp³-hybridized carbons (Fsp3) is 0.200. The summed E-state index contributed by atoms with van der Waals surface area (Å²) in [5, 5.41) is 11.4. The zero-order chi connectivity index (χ0) is 15.4. The Balaban J connectivity index is 2.09. The van der Waals surface area contributed by atoms with Gasteiger partial charge in [0.2, 0.25) is 0 Å². The SMILES string of the molecule is Cc1cc(C(=O)Nc2cccc(OCC(=O)O)c2)c(C)s1. The summed E-state index contributed by atoms with van der Waals surface area (Å²) in [6.07, 6.45) is 0. The minimum atomic E-state index is -1.05. The lowest BCUT2D eigenvalue weighted by molar-refractivity contribution is -0.139. The van der Waals surface area contributed by atoms with Crippen LogP contribution >= 0.6 is 11.3 Å². The fourth-order valence-electron chi connectivity index (χ4n) is 1.86. The molecule has 0 saturated heterocycles. The molecule has 0 radical (unpaired) electrons. The van der Waals surface area contributed by atoms with Gasteiger partial charge in [0.15, 0.2) is 6.61 Å². The van der Waals surface area contributed by atoms with Gasteiger partial charge in [-0.25, -0.2) is 4.79 Å². The molecule has 0 aliphatic rings. The average Bonchev–Trinajstić information content (AvgIpc) is 2.76. The van der Waals surface area contributed by atoms with Gasteiger partial charge in [0, 0.05) is 21.5 Å². The van der Waals surface area contributed by atoms with Gasteiger partial charge in [-0.3, -0.25) is 4.79 Å². The lowest BCUT2D eigenvalue weighted by Gasteiger charge is -2.07. The van der Waals surface area contributed by atoms with Crippen molar-refractivity contribution in [2.24, 2.45) is 0 Å². The molecule has 6 heteroatoms. The van der Waals surface area contributed by atoms with Crippen LogP contribution in [0.2, 0.25) is 0 Å². The number of carbonyl (C=O) groups excluding carboxylic acids is 1. The number of hydrogen-bond donors (Lipinski definition) is 2. The number of aliphatic carboxylic acids is 1. The molecule has 1 heterocycles. The van der Waals surface area contributed by atoms with Crippen molar-refractivity contribution in [3.63, 3.8) is 0 Å². The number of carboxylic acid groups (broad SMARTS) is 1. The molecule has 0 spiro atoms. The van der Waals surface area contributed by atoms with Gasteiger partial charge in [-0.1, -0.05) is 6.07 Å². The highest BCUT2D eigenvalue weighted by Crippen LogP contribution is 2.23. The van der Waals surface area contributed by atoms with E-state index in [2.05, 4.69) is 5.32 Å². The maximum Gasteiger partial charge on any atom is 0.341 e. The van der Waals surface area contributed by atoms with Crippen LogP contribution in [0.3, 0.4) is 0 Å². The minimum absolute atomic E-state index is 0.188. The largest absolute Gasteiger partial charge is 0.482 e. The maximum atomic E-state index is 12.2. The number of carboxylic acids is 1. The smallest absolute Gasteiger partial charge is 0.341 e. The van der Waals surface area contributed by atoms with Gasteiger partial charge in [0.05, 0.1) is 5.56 Å². The number of anilines is 1. The van der Waals surface area contributed by atoms with Crippen LogP contribution in [-0.2, 0) is 4.79 Å². The first kappa shape index (κ1) is 15.1. The summed E-state index contributed by atoms with van der Waals surface area (Å²) >= 11 is 1.57. The van der Waals surface area contributed by atoms with Crippen LogP contribution in [0, 0.1) is 13.8 Å². The Morgan fingerprint density at radius 1 is 1.29 bits per heavy atom. The number of hydrogen-bond acceptors (Lipinski definition) is 4. The zero-order valence-electron chi connectivity index (χ0n) is 11.7. The van der Waals surface area contributed by atoms with Crippen LogP contribution in [0.4, 0.5) is 5.69 Å². The minimum Gasteiger partial charge on any atom is -0.482 e. The second-order valence-corrected chi connectivity index (χ2v) is 5.95. The number of benzene rings is 1. The Bertz CT molecular complexity index is 678. The summed E-state index contributed by atoms with van der Waals surface area (Å²) < 4.78 is 5.07. The molecular weight excluding hydrogens is 290 g/mol. The van der Waals surface area contributed by atoms with Crippen LogP contribution in [-0.4, -0.2) is 23.6 Å². The quantitative estimate of drug-likeness (QED) is 0.890. The Morgan fingerprint density at radius 2 is 2.05 bits per heavy atom. The van der Waals surface area contributed by atoms with Crippen LogP contribution < -0.4 is 10.1 Å². The van der Waals surface area contributed by atoms with Crippen molar-refractivity contribution >= 4 is 28.9 Å². The number of thiophene rings is 1. The summed E-state index contributed by atoms with van der Waals surface area (Å²) in [5.74, 6) is -0.838. The summed E-state index contributed by atoms with van der Waals surface area (Å²) in [7, 11) is 0. The average molecular weight is 305 g/mol. The van der Waals surface area contributed by atoms with Gasteiger partial charge >= 0.3 is 5.97 Å². The Labute approximate surface area is 126 Å². The van der Waals surface area contributed by atoms with Crippen molar-refractivity contribution in [3.8, 4) is 5.75 Å². The second-order valence-electron chi connectivity index (χ2n) is 4.49. The number of carbonyl (C=O) groups is 2. The predicted octanol–water partition coefficient (Wildman–Crippen LogP) is 3.08. The molecule has 110 valence electrons. The number of ether oxygens (including phenoxy) is 1. The van der Waals surface area contributed by atoms with E-state index in [1.165, 1.54) is 0 Å². The van der Waals surface area contributed by atoms with E-state index in [9.17, 15) is 9.59 Å². The monoisotopic (exact) mass is 305 g/mol. The third-order valence-electron chi connectivity index (χ3n) is 2.74. The summed E-state index contributed by atoms with van der Waals surface area (Å²) in [6.45, 7) is 3.44. The van der Waals surface area contributed by atoms with Gasteiger partial charge in [0.1, 0.15) is 5.75 Å². The number of nitrogens with one attached hydrogen (secondary N) is 1. The van der Waals surface area contributed by atoms with Crippen LogP contribution in [0.15, 0.2) is 30.3 Å². The summed E-state index contributed by atoms with van der Waals surface area (Å²) in [6, 6.07) is 8.49. The molecule has 0 saturated carbocycles. The topological polar surface area (TPSA) is 75.6 Å². The lowest BCUT2D eigenvalue weighted by Crippen LogP contribution is -2.12. The third-order valence-corrected chi connectivity index (χ3v) is 3.71. The molecule has 1 aromatic carbocycles. The Kier molecular flexibility index (Phi) is 4.59. The molecule has 2 aromatic rings. The predicted molar refractivity (Wildman–Crippen MR) is 81.3 cm³/mol. The second kappa shape index (κ2) is 6.41. The fourth-order valence-corrected chi connectivity index (χ4v) is 2.78. The number of aryl methyl sites for hydroxylation is 2. The first-order valence-corrected chi connectivity index (χ1v) is 7.10. The maximum absolute atomic E-state index is 12.2. The van der Waals surface area contributed by atoms with Gasteiger partial charge in [-0.15, -0.1) is 11.3 Å². The summed E-state index contributed by atoms with van der Waals surface area (Å²) in [4.78, 5) is 24.7. The molecule has 1 aromatic heterocycles. The standard InChI is InChI=1S/C15H15NO4S/c1-9-6-13(10(2)21-9)15(19)16-11-4-3-5-12(7-11)20-8-14(17)18/h3-7H,8H2,1-2H3,(H,16,19)(H,17,18). The highest BCUT2D eigenvalue weighted by molar-refractivity contribution is 7.12. The van der Waals surface area contributed by atoms with Crippen molar-refractivity contribution in [1.29, 1.82) is 0 Å². The van der Waals surface area contributed by atoms with Gasteiger partial charge < -0.3 is 15.2 Å². The molecule has 0 unspecified atom stereocenters. The van der Waals surface area contributed by atoms with Crippen LogP contribution in [0.5, 0.6) is 5.75 Å². The van der Waals surface area contributed by atoms with Gasteiger partial charge in [0.25, 0.3) is 5.91 Å². The normalized spacial score (nSPS) is 10.2. The third kappa shape index (κ3) is 4.06. The van der Waals surface area contributed by atoms with E-state index in [4.69, 9.17) is 9.84 Å². The molecule has 0 fully saturated rings. The molecule has 2 rings (SSSR count). The molecular formula is C15H15NO4S. The van der Waals surface area contributed by atoms with Crippen molar-refractivity contribution in [2.75, 3.05) is 11.9 Å². The molecule has 0 aliphatic heterocycles. The summed E-state index contributed by atoms with van der Waals surface area (Å²) in [5.41, 5.74) is 1.21. The Hall–Kier alpha value is -2.34. The van der Waals surface area contributed by atoms with Crippen LogP contribution in [0.1, 0.15) is 20.1 Å².